The Kier molecular flexibility index (Phi) is 3.45. The van der Waals surface area contributed by atoms with Crippen LogP contribution >= 0.6 is 0 Å². The van der Waals surface area contributed by atoms with Crippen LogP contribution in [-0.4, -0.2) is 46.4 Å². The Morgan fingerprint density at radius 2 is 1.96 bits per heavy atom. The van der Waals surface area contributed by atoms with E-state index in [1.807, 2.05) is 24.3 Å². The molecule has 0 aliphatic carbocycles. The van der Waals surface area contributed by atoms with Gasteiger partial charge >= 0.3 is 5.97 Å². The van der Waals surface area contributed by atoms with Gasteiger partial charge in [0.25, 0.3) is 0 Å². The number of piperidine rings is 3. The van der Waals surface area contributed by atoms with E-state index >= 15 is 0 Å². The molecule has 4 fully saturated rings. The highest BCUT2D eigenvalue weighted by Crippen LogP contribution is 2.41. The van der Waals surface area contributed by atoms with Crippen molar-refractivity contribution in [1.29, 1.82) is 0 Å². The Labute approximate surface area is 146 Å². The van der Waals surface area contributed by atoms with Gasteiger partial charge in [-0.1, -0.05) is 18.2 Å². The monoisotopic (exact) mass is 338 g/mol. The maximum absolute atomic E-state index is 12.7. The molecule has 0 radical (unpaired) electrons. The van der Waals surface area contributed by atoms with Crippen molar-refractivity contribution >= 4 is 22.7 Å². The third-order valence-electron chi connectivity index (χ3n) is 6.28. The number of fused-ring (bicyclic) bond motifs is 2. The molecule has 4 saturated heterocycles. The van der Waals surface area contributed by atoms with Gasteiger partial charge in [0.2, 0.25) is 0 Å². The van der Waals surface area contributed by atoms with E-state index in [9.17, 15) is 9.59 Å². The molecule has 25 heavy (non-hydrogen) atoms. The van der Waals surface area contributed by atoms with Crippen LogP contribution in [0.4, 0.5) is 0 Å². The molecule has 5 atom stereocenters. The Morgan fingerprint density at radius 1 is 1.12 bits per heavy atom. The number of ketones is 1. The predicted octanol–water partition coefficient (Wildman–Crippen LogP) is 2.91. The molecule has 6 rings (SSSR count). The summed E-state index contributed by atoms with van der Waals surface area (Å²) in [6.07, 6.45) is 6.40. The van der Waals surface area contributed by atoms with Crippen molar-refractivity contribution in [2.45, 2.75) is 50.3 Å². The van der Waals surface area contributed by atoms with Crippen molar-refractivity contribution in [3.8, 4) is 0 Å². The fourth-order valence-electron chi connectivity index (χ4n) is 5.03. The molecule has 4 aliphatic rings. The maximum atomic E-state index is 12.7. The van der Waals surface area contributed by atoms with Crippen LogP contribution in [0.15, 0.2) is 30.5 Å². The van der Waals surface area contributed by atoms with Gasteiger partial charge in [-0.05, 0) is 38.2 Å². The molecule has 4 aliphatic heterocycles. The van der Waals surface area contributed by atoms with E-state index < -0.39 is 0 Å². The zero-order chi connectivity index (χ0) is 17.0. The first kappa shape index (κ1) is 15.1. The van der Waals surface area contributed by atoms with Crippen LogP contribution in [0.3, 0.4) is 0 Å². The van der Waals surface area contributed by atoms with Crippen molar-refractivity contribution in [3.63, 3.8) is 0 Å². The largest absolute Gasteiger partial charge is 0.459 e. The van der Waals surface area contributed by atoms with Crippen LogP contribution in [0.1, 0.15) is 42.5 Å². The van der Waals surface area contributed by atoms with Crippen LogP contribution in [0.2, 0.25) is 0 Å². The summed E-state index contributed by atoms with van der Waals surface area (Å²) in [5, 5.41) is 0.910. The van der Waals surface area contributed by atoms with E-state index in [4.69, 9.17) is 4.74 Å². The van der Waals surface area contributed by atoms with Crippen molar-refractivity contribution in [1.82, 2.24) is 9.88 Å². The number of aromatic amines is 1. The molecule has 5 heteroatoms. The van der Waals surface area contributed by atoms with Gasteiger partial charge in [-0.3, -0.25) is 9.69 Å². The van der Waals surface area contributed by atoms with Crippen LogP contribution in [-0.2, 0) is 9.53 Å². The third kappa shape index (κ3) is 2.49. The molecule has 1 N–H and O–H groups in total. The van der Waals surface area contributed by atoms with Gasteiger partial charge in [0.1, 0.15) is 11.9 Å². The fraction of sp³-hybridized carbons (Fsp3) is 0.500. The summed E-state index contributed by atoms with van der Waals surface area (Å²) < 4.78 is 5.90. The summed E-state index contributed by atoms with van der Waals surface area (Å²) in [5.74, 6) is 0.403. The van der Waals surface area contributed by atoms with Crippen molar-refractivity contribution in [2.24, 2.45) is 5.92 Å². The SMILES string of the molecule is O=C(OC1CCC2CC3CC(C1)N2CC3=O)c1c[nH]c2ccccc12. The number of rotatable bonds is 2. The van der Waals surface area contributed by atoms with Crippen molar-refractivity contribution in [3.05, 3.63) is 36.0 Å². The second-order valence-electron chi connectivity index (χ2n) is 7.70. The fourth-order valence-corrected chi connectivity index (χ4v) is 5.03. The minimum absolute atomic E-state index is 0.0504. The zero-order valence-electron chi connectivity index (χ0n) is 14.1. The lowest BCUT2D eigenvalue weighted by atomic mass is 9.77. The second kappa shape index (κ2) is 5.70. The molecule has 5 nitrogen and oxygen atoms in total. The molecule has 1 aromatic carbocycles. The number of nitrogens with one attached hydrogen (secondary N) is 1. The molecule has 0 amide bonds. The average molecular weight is 338 g/mol. The van der Waals surface area contributed by atoms with E-state index in [2.05, 4.69) is 9.88 Å². The molecule has 2 aromatic rings. The lowest BCUT2D eigenvalue weighted by molar-refractivity contribution is -0.137. The highest BCUT2D eigenvalue weighted by atomic mass is 16.5. The van der Waals surface area contributed by atoms with Gasteiger partial charge < -0.3 is 9.72 Å². The number of para-hydroxylation sites is 1. The number of esters is 1. The smallest absolute Gasteiger partial charge is 0.340 e. The Hall–Kier alpha value is -2.14. The number of ether oxygens (including phenoxy) is 1. The van der Waals surface area contributed by atoms with Crippen molar-refractivity contribution in [2.75, 3.05) is 6.54 Å². The Bertz CT molecular complexity index is 842. The lowest BCUT2D eigenvalue weighted by Gasteiger charge is -2.48. The number of H-pyrrole nitrogens is 1. The van der Waals surface area contributed by atoms with Gasteiger partial charge in [-0.25, -0.2) is 4.79 Å². The van der Waals surface area contributed by atoms with Crippen LogP contribution in [0.25, 0.3) is 10.9 Å². The summed E-state index contributed by atoms with van der Waals surface area (Å²) >= 11 is 0. The molecule has 5 unspecified atom stereocenters. The number of carbonyl (C=O) groups excluding carboxylic acids is 2. The molecular weight excluding hydrogens is 316 g/mol. The van der Waals surface area contributed by atoms with E-state index in [0.29, 0.717) is 30.0 Å². The maximum Gasteiger partial charge on any atom is 0.340 e. The molecule has 130 valence electrons. The number of benzene rings is 1. The van der Waals surface area contributed by atoms with Gasteiger partial charge in [0.15, 0.2) is 0 Å². The first-order valence-electron chi connectivity index (χ1n) is 9.24. The van der Waals surface area contributed by atoms with Gasteiger partial charge in [-0.15, -0.1) is 0 Å². The summed E-state index contributed by atoms with van der Waals surface area (Å²) in [6.45, 7) is 0.600. The van der Waals surface area contributed by atoms with Gasteiger partial charge in [0.05, 0.1) is 12.1 Å². The predicted molar refractivity (Wildman–Crippen MR) is 93.4 cm³/mol. The molecule has 1 aromatic heterocycles. The van der Waals surface area contributed by atoms with E-state index in [0.717, 1.165) is 43.0 Å². The van der Waals surface area contributed by atoms with E-state index in [1.165, 1.54) is 0 Å². The summed E-state index contributed by atoms with van der Waals surface area (Å²) in [5.41, 5.74) is 1.56. The Balaban J connectivity index is 1.33. The average Bonchev–Trinajstić information content (AvgIpc) is 3.01. The highest BCUT2D eigenvalue weighted by molar-refractivity contribution is 6.04. The number of Topliss-reactive ketones (excluding diaryl/α,β-unsaturated/α-hetero) is 1. The topological polar surface area (TPSA) is 62.4 Å². The van der Waals surface area contributed by atoms with Crippen LogP contribution < -0.4 is 0 Å². The van der Waals surface area contributed by atoms with Crippen LogP contribution in [0.5, 0.6) is 0 Å². The molecule has 0 saturated carbocycles. The Morgan fingerprint density at radius 3 is 2.84 bits per heavy atom. The van der Waals surface area contributed by atoms with E-state index in [1.54, 1.807) is 6.20 Å². The summed E-state index contributed by atoms with van der Waals surface area (Å²) in [7, 11) is 0. The molecule has 0 spiro atoms. The number of hydrogen-bond acceptors (Lipinski definition) is 4. The number of aromatic nitrogens is 1. The quantitative estimate of drug-likeness (QED) is 0.855. The summed E-state index contributed by atoms with van der Waals surface area (Å²) in [4.78, 5) is 30.2. The minimum Gasteiger partial charge on any atom is -0.459 e. The third-order valence-corrected chi connectivity index (χ3v) is 6.28. The number of hydrogen-bond donors (Lipinski definition) is 1. The normalized spacial score (nSPS) is 34.1. The molecular formula is C20H22N2O3. The minimum atomic E-state index is -0.241. The van der Waals surface area contributed by atoms with Gasteiger partial charge in [-0.2, -0.15) is 0 Å². The highest BCUT2D eigenvalue weighted by Gasteiger charge is 2.47. The first-order valence-corrected chi connectivity index (χ1v) is 9.24. The molecule has 4 bridgehead atoms. The van der Waals surface area contributed by atoms with Crippen molar-refractivity contribution < 1.29 is 14.3 Å². The number of carbonyl (C=O) groups is 2. The van der Waals surface area contributed by atoms with Gasteiger partial charge in [0, 0.05) is 35.1 Å². The lowest BCUT2D eigenvalue weighted by Crippen LogP contribution is -2.58. The second-order valence-corrected chi connectivity index (χ2v) is 7.70. The summed E-state index contributed by atoms with van der Waals surface area (Å²) in [6, 6.07) is 8.68. The number of nitrogens with zero attached hydrogens (tertiary/aromatic N) is 1. The zero-order valence-corrected chi connectivity index (χ0v) is 14.1. The van der Waals surface area contributed by atoms with E-state index in [-0.39, 0.29) is 18.0 Å². The standard InChI is InChI=1S/C20H22N2O3/c23-19-11-22-13-5-6-15(9-14(22)8-12(19)7-13)25-20(24)17-10-21-18-4-2-1-3-16(17)18/h1-4,10,12-15,21H,5-9,11H2. The first-order chi connectivity index (χ1) is 12.2. The van der Waals surface area contributed by atoms with Crippen LogP contribution in [0, 0.1) is 5.92 Å². The molecule has 5 heterocycles.